The van der Waals surface area contributed by atoms with Crippen LogP contribution in [0, 0.1) is 23.2 Å². The number of hydrogen-bond donors (Lipinski definition) is 0. The monoisotopic (exact) mass is 219 g/mol. The Labute approximate surface area is 98.4 Å². The van der Waals surface area contributed by atoms with Gasteiger partial charge in [-0.05, 0) is 24.7 Å². The van der Waals surface area contributed by atoms with Crippen LogP contribution >= 0.6 is 0 Å². The molecule has 0 aromatic rings. The van der Waals surface area contributed by atoms with Gasteiger partial charge in [0.1, 0.15) is 0 Å². The van der Waals surface area contributed by atoms with Gasteiger partial charge in [-0.2, -0.15) is 0 Å². The molecule has 0 aromatic carbocycles. The Morgan fingerprint density at radius 2 is 2.06 bits per heavy atom. The third kappa shape index (κ3) is 2.09. The fourth-order valence-corrected chi connectivity index (χ4v) is 3.19. The molecule has 1 aliphatic heterocycles. The van der Waals surface area contributed by atoms with Crippen molar-refractivity contribution in [2.24, 2.45) is 11.3 Å². The van der Waals surface area contributed by atoms with Crippen LogP contribution in [0.15, 0.2) is 0 Å². The van der Waals surface area contributed by atoms with Crippen molar-refractivity contribution in [2.75, 3.05) is 13.1 Å². The molecule has 1 spiro atoms. The highest BCUT2D eigenvalue weighted by molar-refractivity contribution is 5.94. The predicted molar refractivity (Wildman–Crippen MR) is 64.7 cm³/mol. The average molecular weight is 219 g/mol. The molecule has 0 N–H and O–H groups in total. The van der Waals surface area contributed by atoms with E-state index in [0.717, 1.165) is 25.4 Å². The van der Waals surface area contributed by atoms with Crippen molar-refractivity contribution in [2.45, 2.75) is 46.0 Å². The van der Waals surface area contributed by atoms with Gasteiger partial charge in [0, 0.05) is 24.9 Å². The standard InChI is InChI=1S/C14H21NO/c1-3-5-7-13(16)15-10-14(11-15)8-12(9-14)6-4-2/h12H,3-4,6,8-11H2,1-2H3. The second kappa shape index (κ2) is 4.49. The topological polar surface area (TPSA) is 20.3 Å². The number of hydrogen-bond acceptors (Lipinski definition) is 1. The van der Waals surface area contributed by atoms with Gasteiger partial charge in [-0.15, -0.1) is 0 Å². The molecule has 88 valence electrons. The summed E-state index contributed by atoms with van der Waals surface area (Å²) in [5, 5.41) is 0. The van der Waals surface area contributed by atoms with Gasteiger partial charge in [0.15, 0.2) is 0 Å². The van der Waals surface area contributed by atoms with Gasteiger partial charge in [0.05, 0.1) is 0 Å². The zero-order chi connectivity index (χ0) is 11.6. The third-order valence-electron chi connectivity index (χ3n) is 3.85. The molecule has 2 heteroatoms. The van der Waals surface area contributed by atoms with Crippen LogP contribution in [-0.2, 0) is 4.79 Å². The van der Waals surface area contributed by atoms with Crippen molar-refractivity contribution < 1.29 is 4.79 Å². The molecule has 1 amide bonds. The summed E-state index contributed by atoms with van der Waals surface area (Å²) in [5.41, 5.74) is 0.503. The van der Waals surface area contributed by atoms with Crippen LogP contribution in [0.4, 0.5) is 0 Å². The van der Waals surface area contributed by atoms with Crippen LogP contribution in [0.5, 0.6) is 0 Å². The Morgan fingerprint density at radius 1 is 1.38 bits per heavy atom. The maximum atomic E-state index is 11.6. The third-order valence-corrected chi connectivity index (χ3v) is 3.85. The van der Waals surface area contributed by atoms with E-state index in [0.29, 0.717) is 5.41 Å². The highest BCUT2D eigenvalue weighted by Crippen LogP contribution is 2.53. The molecule has 2 fully saturated rings. The Balaban J connectivity index is 1.73. The zero-order valence-electron chi connectivity index (χ0n) is 10.4. The molecule has 1 saturated heterocycles. The molecule has 2 rings (SSSR count). The Bertz CT molecular complexity index is 322. The van der Waals surface area contributed by atoms with Crippen LogP contribution in [0.2, 0.25) is 0 Å². The largest absolute Gasteiger partial charge is 0.331 e. The first-order valence-electron chi connectivity index (χ1n) is 6.47. The van der Waals surface area contributed by atoms with Crippen molar-refractivity contribution >= 4 is 5.91 Å². The van der Waals surface area contributed by atoms with Crippen molar-refractivity contribution in [3.8, 4) is 11.8 Å². The maximum absolute atomic E-state index is 11.6. The number of rotatable bonds is 2. The van der Waals surface area contributed by atoms with E-state index in [-0.39, 0.29) is 5.91 Å². The molecule has 1 aliphatic carbocycles. The maximum Gasteiger partial charge on any atom is 0.298 e. The van der Waals surface area contributed by atoms with Crippen molar-refractivity contribution in [3.05, 3.63) is 0 Å². The van der Waals surface area contributed by atoms with Crippen LogP contribution in [0.1, 0.15) is 46.0 Å². The first kappa shape index (κ1) is 11.5. The first-order valence-corrected chi connectivity index (χ1v) is 6.47. The summed E-state index contributed by atoms with van der Waals surface area (Å²) in [7, 11) is 0. The van der Waals surface area contributed by atoms with Gasteiger partial charge < -0.3 is 4.90 Å². The zero-order valence-corrected chi connectivity index (χ0v) is 10.4. The molecule has 1 saturated carbocycles. The number of amides is 1. The number of carbonyl (C=O) groups excluding carboxylic acids is 1. The van der Waals surface area contributed by atoms with Crippen molar-refractivity contribution in [1.29, 1.82) is 0 Å². The molecule has 0 radical (unpaired) electrons. The van der Waals surface area contributed by atoms with E-state index in [2.05, 4.69) is 18.8 Å². The van der Waals surface area contributed by atoms with Gasteiger partial charge in [0.2, 0.25) is 0 Å². The van der Waals surface area contributed by atoms with E-state index >= 15 is 0 Å². The highest BCUT2D eigenvalue weighted by atomic mass is 16.2. The van der Waals surface area contributed by atoms with E-state index in [9.17, 15) is 4.79 Å². The minimum absolute atomic E-state index is 0.0337. The molecule has 0 bridgehead atoms. The SMILES string of the molecule is CCC#CC(=O)N1CC2(CC(CCC)C2)C1. The molecule has 16 heavy (non-hydrogen) atoms. The molecule has 1 heterocycles. The molecular formula is C14H21NO. The molecule has 0 atom stereocenters. The van der Waals surface area contributed by atoms with E-state index in [1.807, 2.05) is 11.8 Å². The van der Waals surface area contributed by atoms with Crippen LogP contribution in [-0.4, -0.2) is 23.9 Å². The van der Waals surface area contributed by atoms with E-state index in [1.165, 1.54) is 25.7 Å². The van der Waals surface area contributed by atoms with Gasteiger partial charge in [-0.25, -0.2) is 0 Å². The van der Waals surface area contributed by atoms with Gasteiger partial charge in [0.25, 0.3) is 5.91 Å². The van der Waals surface area contributed by atoms with Gasteiger partial charge in [-0.3, -0.25) is 4.79 Å². The first-order chi connectivity index (χ1) is 7.69. The van der Waals surface area contributed by atoms with Crippen LogP contribution in [0.3, 0.4) is 0 Å². The number of carbonyl (C=O) groups is 1. The van der Waals surface area contributed by atoms with E-state index in [1.54, 1.807) is 0 Å². The molecular weight excluding hydrogens is 198 g/mol. The number of likely N-dealkylation sites (tertiary alicyclic amines) is 1. The molecule has 2 nitrogen and oxygen atoms in total. The Kier molecular flexibility index (Phi) is 3.23. The summed E-state index contributed by atoms with van der Waals surface area (Å²) < 4.78 is 0. The van der Waals surface area contributed by atoms with Crippen molar-refractivity contribution in [1.82, 2.24) is 4.90 Å². The van der Waals surface area contributed by atoms with Crippen LogP contribution in [0.25, 0.3) is 0 Å². The van der Waals surface area contributed by atoms with Gasteiger partial charge in [-0.1, -0.05) is 32.6 Å². The lowest BCUT2D eigenvalue weighted by molar-refractivity contribution is -0.149. The summed E-state index contributed by atoms with van der Waals surface area (Å²) in [6.45, 7) is 6.15. The van der Waals surface area contributed by atoms with Crippen molar-refractivity contribution in [3.63, 3.8) is 0 Å². The minimum atomic E-state index is 0.0337. The van der Waals surface area contributed by atoms with E-state index < -0.39 is 0 Å². The van der Waals surface area contributed by atoms with E-state index in [4.69, 9.17) is 0 Å². The summed E-state index contributed by atoms with van der Waals surface area (Å²) >= 11 is 0. The van der Waals surface area contributed by atoms with Crippen LogP contribution < -0.4 is 0 Å². The summed E-state index contributed by atoms with van der Waals surface area (Å²) in [5.74, 6) is 6.51. The Hall–Kier alpha value is -0.970. The quantitative estimate of drug-likeness (QED) is 0.653. The predicted octanol–water partition coefficient (Wildman–Crippen LogP) is 2.44. The molecule has 0 unspecified atom stereocenters. The summed E-state index contributed by atoms with van der Waals surface area (Å²) in [6.07, 6.45) is 6.11. The Morgan fingerprint density at radius 3 is 2.62 bits per heavy atom. The smallest absolute Gasteiger partial charge is 0.298 e. The lowest BCUT2D eigenvalue weighted by atomic mass is 9.57. The minimum Gasteiger partial charge on any atom is -0.331 e. The lowest BCUT2D eigenvalue weighted by Gasteiger charge is -2.58. The normalized spacial score (nSPS) is 22.0. The average Bonchev–Trinajstić information content (AvgIpc) is 2.16. The number of nitrogens with zero attached hydrogens (tertiary/aromatic N) is 1. The summed E-state index contributed by atoms with van der Waals surface area (Å²) in [6, 6.07) is 0. The second-order valence-electron chi connectivity index (χ2n) is 5.38. The van der Waals surface area contributed by atoms with Gasteiger partial charge >= 0.3 is 0 Å². The molecule has 0 aromatic heterocycles. The second-order valence-corrected chi connectivity index (χ2v) is 5.38. The fraction of sp³-hybridized carbons (Fsp3) is 0.786. The fourth-order valence-electron chi connectivity index (χ4n) is 3.19. The summed E-state index contributed by atoms with van der Waals surface area (Å²) in [4.78, 5) is 13.5. The lowest BCUT2D eigenvalue weighted by Crippen LogP contribution is -2.63. The highest BCUT2D eigenvalue weighted by Gasteiger charge is 2.52. The molecule has 2 aliphatic rings.